The first-order chi connectivity index (χ1) is 8.40. The topological polar surface area (TPSA) is 92.4 Å². The van der Waals surface area contributed by atoms with Gasteiger partial charge in [0, 0.05) is 23.1 Å². The summed E-state index contributed by atoms with van der Waals surface area (Å²) in [7, 11) is 0. The maximum atomic E-state index is 11.8. The second kappa shape index (κ2) is 6.39. The molecule has 18 heavy (non-hydrogen) atoms. The van der Waals surface area contributed by atoms with Crippen LogP contribution in [0.15, 0.2) is 22.7 Å². The fourth-order valence-electron chi connectivity index (χ4n) is 1.47. The van der Waals surface area contributed by atoms with Gasteiger partial charge in [0.15, 0.2) is 0 Å². The number of carboxylic acids is 1. The third-order valence-corrected chi connectivity index (χ3v) is 2.89. The number of carbonyl (C=O) groups is 2. The van der Waals surface area contributed by atoms with E-state index in [0.717, 1.165) is 4.47 Å². The number of halogens is 1. The van der Waals surface area contributed by atoms with Crippen molar-refractivity contribution in [2.45, 2.75) is 13.3 Å². The van der Waals surface area contributed by atoms with Crippen LogP contribution in [-0.4, -0.2) is 23.5 Å². The number of carboxylic acid groups (broad SMARTS) is 1. The van der Waals surface area contributed by atoms with E-state index in [2.05, 4.69) is 21.2 Å². The summed E-state index contributed by atoms with van der Waals surface area (Å²) < 4.78 is 0.802. The average molecular weight is 315 g/mol. The molecule has 0 aliphatic carbocycles. The molecule has 1 unspecified atom stereocenters. The molecule has 0 aliphatic heterocycles. The molecule has 1 amide bonds. The van der Waals surface area contributed by atoms with Gasteiger partial charge in [-0.25, -0.2) is 0 Å². The van der Waals surface area contributed by atoms with Crippen molar-refractivity contribution in [3.05, 3.63) is 28.2 Å². The number of nitrogens with one attached hydrogen (secondary N) is 1. The summed E-state index contributed by atoms with van der Waals surface area (Å²) >= 11 is 3.26. The number of amides is 1. The molecule has 0 heterocycles. The predicted octanol–water partition coefficient (Wildman–Crippen LogP) is 1.87. The van der Waals surface area contributed by atoms with Crippen molar-refractivity contribution in [2.75, 3.05) is 12.3 Å². The fourth-order valence-corrected chi connectivity index (χ4v) is 1.85. The number of nitrogens with two attached hydrogens (primary N) is 1. The lowest BCUT2D eigenvalue weighted by Gasteiger charge is -2.11. The number of nitrogen functional groups attached to an aromatic ring is 1. The van der Waals surface area contributed by atoms with Crippen molar-refractivity contribution in [1.82, 2.24) is 5.32 Å². The van der Waals surface area contributed by atoms with E-state index in [1.54, 1.807) is 25.1 Å². The molecule has 4 N–H and O–H groups in total. The Labute approximate surface area is 113 Å². The maximum absolute atomic E-state index is 11.8. The maximum Gasteiger partial charge on any atom is 0.303 e. The molecule has 0 radical (unpaired) electrons. The van der Waals surface area contributed by atoms with Crippen molar-refractivity contribution in [3.63, 3.8) is 0 Å². The Hall–Kier alpha value is -1.56. The average Bonchev–Trinajstić information content (AvgIpc) is 2.25. The summed E-state index contributed by atoms with van der Waals surface area (Å²) in [5.41, 5.74) is 6.50. The molecule has 1 aromatic carbocycles. The van der Waals surface area contributed by atoms with Crippen molar-refractivity contribution < 1.29 is 14.7 Å². The van der Waals surface area contributed by atoms with E-state index >= 15 is 0 Å². The van der Waals surface area contributed by atoms with Crippen LogP contribution in [0.1, 0.15) is 23.7 Å². The minimum Gasteiger partial charge on any atom is -0.481 e. The van der Waals surface area contributed by atoms with Crippen molar-refractivity contribution in [1.29, 1.82) is 0 Å². The number of hydrogen-bond acceptors (Lipinski definition) is 3. The van der Waals surface area contributed by atoms with E-state index in [4.69, 9.17) is 10.8 Å². The second-order valence-electron chi connectivity index (χ2n) is 4.14. The molecule has 5 nitrogen and oxygen atoms in total. The number of anilines is 1. The van der Waals surface area contributed by atoms with E-state index in [9.17, 15) is 9.59 Å². The highest BCUT2D eigenvalue weighted by molar-refractivity contribution is 9.10. The smallest absolute Gasteiger partial charge is 0.303 e. The van der Waals surface area contributed by atoms with Gasteiger partial charge in [-0.3, -0.25) is 9.59 Å². The molecule has 0 aromatic heterocycles. The van der Waals surface area contributed by atoms with Crippen molar-refractivity contribution in [2.24, 2.45) is 5.92 Å². The van der Waals surface area contributed by atoms with Crippen LogP contribution in [0.5, 0.6) is 0 Å². The SMILES string of the molecule is CC(CNC(=O)c1ccc(Br)cc1N)CC(=O)O. The zero-order valence-corrected chi connectivity index (χ0v) is 11.5. The lowest BCUT2D eigenvalue weighted by molar-refractivity contribution is -0.137. The van der Waals surface area contributed by atoms with Gasteiger partial charge in [-0.2, -0.15) is 0 Å². The van der Waals surface area contributed by atoms with E-state index in [1.807, 2.05) is 0 Å². The fraction of sp³-hybridized carbons (Fsp3) is 0.333. The van der Waals surface area contributed by atoms with E-state index in [1.165, 1.54) is 0 Å². The van der Waals surface area contributed by atoms with Gasteiger partial charge in [0.2, 0.25) is 0 Å². The summed E-state index contributed by atoms with van der Waals surface area (Å²) in [6.07, 6.45) is 0.0239. The Morgan fingerprint density at radius 3 is 2.72 bits per heavy atom. The lowest BCUT2D eigenvalue weighted by atomic mass is 10.1. The molecule has 98 valence electrons. The Kier molecular flexibility index (Phi) is 5.15. The lowest BCUT2D eigenvalue weighted by Crippen LogP contribution is -2.29. The first-order valence-electron chi connectivity index (χ1n) is 5.45. The number of aliphatic carboxylic acids is 1. The Balaban J connectivity index is 2.58. The molecule has 0 fully saturated rings. The molecule has 1 aromatic rings. The third-order valence-electron chi connectivity index (χ3n) is 2.39. The summed E-state index contributed by atoms with van der Waals surface area (Å²) in [6, 6.07) is 5.00. The molecule has 0 spiro atoms. The largest absolute Gasteiger partial charge is 0.481 e. The summed E-state index contributed by atoms with van der Waals surface area (Å²) in [5, 5.41) is 11.3. The zero-order valence-electron chi connectivity index (χ0n) is 9.94. The molecule has 0 bridgehead atoms. The quantitative estimate of drug-likeness (QED) is 0.723. The summed E-state index contributed by atoms with van der Waals surface area (Å²) in [5.74, 6) is -1.29. The molecular weight excluding hydrogens is 300 g/mol. The number of hydrogen-bond donors (Lipinski definition) is 3. The highest BCUT2D eigenvalue weighted by Gasteiger charge is 2.12. The zero-order chi connectivity index (χ0) is 13.7. The van der Waals surface area contributed by atoms with Crippen molar-refractivity contribution >= 4 is 33.5 Å². The Morgan fingerprint density at radius 1 is 1.50 bits per heavy atom. The first kappa shape index (κ1) is 14.5. The van der Waals surface area contributed by atoms with Gasteiger partial charge in [-0.1, -0.05) is 22.9 Å². The number of carbonyl (C=O) groups excluding carboxylic acids is 1. The van der Waals surface area contributed by atoms with E-state index < -0.39 is 5.97 Å². The number of benzene rings is 1. The molecular formula is C12H15BrN2O3. The van der Waals surface area contributed by atoms with Crippen LogP contribution in [0, 0.1) is 5.92 Å². The van der Waals surface area contributed by atoms with Crippen LogP contribution < -0.4 is 11.1 Å². The van der Waals surface area contributed by atoms with Crippen LogP contribution >= 0.6 is 15.9 Å². The second-order valence-corrected chi connectivity index (χ2v) is 5.06. The summed E-state index contributed by atoms with van der Waals surface area (Å²) in [6.45, 7) is 2.07. The van der Waals surface area contributed by atoms with Crippen molar-refractivity contribution in [3.8, 4) is 0 Å². The first-order valence-corrected chi connectivity index (χ1v) is 6.24. The van der Waals surface area contributed by atoms with Crippen LogP contribution in [0.4, 0.5) is 5.69 Å². The van der Waals surface area contributed by atoms with Gasteiger partial charge in [-0.05, 0) is 24.1 Å². The minimum absolute atomic E-state index is 0.0239. The monoisotopic (exact) mass is 314 g/mol. The highest BCUT2D eigenvalue weighted by atomic mass is 79.9. The highest BCUT2D eigenvalue weighted by Crippen LogP contribution is 2.18. The van der Waals surface area contributed by atoms with Gasteiger partial charge >= 0.3 is 5.97 Å². The molecule has 1 rings (SSSR count). The predicted molar refractivity (Wildman–Crippen MR) is 72.3 cm³/mol. The molecule has 0 saturated heterocycles. The van der Waals surface area contributed by atoms with E-state index in [0.29, 0.717) is 17.8 Å². The molecule has 0 aliphatic rings. The van der Waals surface area contributed by atoms with Crippen LogP contribution in [0.2, 0.25) is 0 Å². The van der Waals surface area contributed by atoms with E-state index in [-0.39, 0.29) is 18.2 Å². The Bertz CT molecular complexity index is 463. The van der Waals surface area contributed by atoms with Gasteiger partial charge in [0.1, 0.15) is 0 Å². The Morgan fingerprint density at radius 2 is 2.17 bits per heavy atom. The van der Waals surface area contributed by atoms with Gasteiger partial charge < -0.3 is 16.2 Å². The molecule has 6 heteroatoms. The summed E-state index contributed by atoms with van der Waals surface area (Å²) in [4.78, 5) is 22.3. The van der Waals surface area contributed by atoms with Gasteiger partial charge in [0.25, 0.3) is 5.91 Å². The normalized spacial score (nSPS) is 11.9. The molecule has 1 atom stereocenters. The van der Waals surface area contributed by atoms with Crippen LogP contribution in [0.25, 0.3) is 0 Å². The van der Waals surface area contributed by atoms with Crippen LogP contribution in [0.3, 0.4) is 0 Å². The van der Waals surface area contributed by atoms with Gasteiger partial charge in [-0.15, -0.1) is 0 Å². The van der Waals surface area contributed by atoms with Crippen LogP contribution in [-0.2, 0) is 4.79 Å². The molecule has 0 saturated carbocycles. The number of rotatable bonds is 5. The standard InChI is InChI=1S/C12H15BrN2O3/c1-7(4-11(16)17)6-15-12(18)9-3-2-8(13)5-10(9)14/h2-3,5,7H,4,6,14H2,1H3,(H,15,18)(H,16,17). The minimum atomic E-state index is -0.875. The van der Waals surface area contributed by atoms with Gasteiger partial charge in [0.05, 0.1) is 5.56 Å². The third kappa shape index (κ3) is 4.37.